The molecule has 0 fully saturated rings. The van der Waals surface area contributed by atoms with Gasteiger partial charge in [-0.15, -0.1) is 0 Å². The van der Waals surface area contributed by atoms with Crippen molar-refractivity contribution in [3.8, 4) is 0 Å². The van der Waals surface area contributed by atoms with Gasteiger partial charge in [0.2, 0.25) is 11.9 Å². The van der Waals surface area contributed by atoms with Crippen LogP contribution < -0.4 is 0 Å². The summed E-state index contributed by atoms with van der Waals surface area (Å²) in [6, 6.07) is 0. The molecule has 0 aromatic carbocycles. The molecule has 0 aliphatic rings. The van der Waals surface area contributed by atoms with Gasteiger partial charge in [0, 0.05) is 49.3 Å². The minimum absolute atomic E-state index is 0.711. The summed E-state index contributed by atoms with van der Waals surface area (Å²) in [4.78, 5) is 14.3. The second kappa shape index (κ2) is 5.47. The van der Waals surface area contributed by atoms with Gasteiger partial charge < -0.3 is 14.7 Å². The van der Waals surface area contributed by atoms with Crippen molar-refractivity contribution >= 4 is 11.9 Å². The molecule has 0 amide bonds. The van der Waals surface area contributed by atoms with Crippen LogP contribution in [0, 0.1) is 0 Å². The van der Waals surface area contributed by atoms with E-state index in [9.17, 15) is 0 Å². The van der Waals surface area contributed by atoms with Crippen molar-refractivity contribution in [1.29, 1.82) is 0 Å². The Morgan fingerprint density at radius 1 is 0.786 bits per heavy atom. The van der Waals surface area contributed by atoms with Gasteiger partial charge in [0.25, 0.3) is 0 Å². The van der Waals surface area contributed by atoms with Crippen molar-refractivity contribution in [2.45, 2.75) is 0 Å². The lowest BCUT2D eigenvalue weighted by Crippen LogP contribution is -2.37. The molecule has 0 spiro atoms. The fourth-order valence-electron chi connectivity index (χ4n) is 1.04. The molecule has 0 unspecified atom stereocenters. The molecular weight excluding hydrogens is 178 g/mol. The van der Waals surface area contributed by atoms with Gasteiger partial charge in [0.15, 0.2) is 0 Å². The maximum atomic E-state index is 4.44. The number of guanidine groups is 2. The van der Waals surface area contributed by atoms with Crippen LogP contribution in [-0.2, 0) is 0 Å². The first-order valence-electron chi connectivity index (χ1n) is 4.47. The Kier molecular flexibility index (Phi) is 4.97. The third kappa shape index (κ3) is 3.64. The highest BCUT2D eigenvalue weighted by Crippen LogP contribution is 1.93. The summed E-state index contributed by atoms with van der Waals surface area (Å²) in [7, 11) is 13.4. The fraction of sp³-hybridized carbons (Fsp3) is 0.778. The van der Waals surface area contributed by atoms with E-state index in [4.69, 9.17) is 0 Å². The summed E-state index contributed by atoms with van der Waals surface area (Å²) >= 11 is 0. The molecule has 0 rings (SSSR count). The van der Waals surface area contributed by atoms with E-state index < -0.39 is 0 Å². The molecule has 82 valence electrons. The van der Waals surface area contributed by atoms with Gasteiger partial charge in [-0.05, 0) is 0 Å². The highest BCUT2D eigenvalue weighted by atomic mass is 15.4. The van der Waals surface area contributed by atoms with E-state index in [1.165, 1.54) is 0 Å². The zero-order chi connectivity index (χ0) is 11.3. The lowest BCUT2D eigenvalue weighted by atomic mass is 10.7. The lowest BCUT2D eigenvalue weighted by Gasteiger charge is -2.23. The van der Waals surface area contributed by atoms with Crippen LogP contribution in [0.1, 0.15) is 0 Å². The molecule has 0 aliphatic carbocycles. The first kappa shape index (κ1) is 12.7. The van der Waals surface area contributed by atoms with Crippen molar-refractivity contribution in [2.75, 3.05) is 49.3 Å². The van der Waals surface area contributed by atoms with Crippen LogP contribution in [0.15, 0.2) is 9.98 Å². The SMILES string of the molecule is C/N=C(\N=C(N(C)C)N(C)C)N(C)C. The van der Waals surface area contributed by atoms with Gasteiger partial charge in [-0.1, -0.05) is 0 Å². The second-order valence-corrected chi connectivity index (χ2v) is 3.62. The van der Waals surface area contributed by atoms with Gasteiger partial charge in [0.1, 0.15) is 0 Å². The number of aliphatic imine (C=N–C) groups is 2. The van der Waals surface area contributed by atoms with Crippen LogP contribution in [0.4, 0.5) is 0 Å². The first-order valence-corrected chi connectivity index (χ1v) is 4.47. The minimum Gasteiger partial charge on any atom is -0.349 e. The number of hydrogen-bond donors (Lipinski definition) is 0. The summed E-state index contributed by atoms with van der Waals surface area (Å²) in [6.45, 7) is 0. The van der Waals surface area contributed by atoms with E-state index >= 15 is 0 Å². The molecular formula is C9H21N5. The summed E-state index contributed by atoms with van der Waals surface area (Å²) < 4.78 is 0. The average Bonchev–Trinajstić information content (AvgIpc) is 2.03. The van der Waals surface area contributed by atoms with E-state index in [0.29, 0.717) is 5.96 Å². The largest absolute Gasteiger partial charge is 0.349 e. The highest BCUT2D eigenvalue weighted by molar-refractivity contribution is 5.94. The van der Waals surface area contributed by atoms with E-state index in [1.807, 2.05) is 57.0 Å². The zero-order valence-electron chi connectivity index (χ0n) is 10.2. The third-order valence-corrected chi connectivity index (χ3v) is 1.60. The molecule has 0 heterocycles. The Balaban J connectivity index is 4.90. The average molecular weight is 199 g/mol. The van der Waals surface area contributed by atoms with Crippen molar-refractivity contribution in [3.05, 3.63) is 0 Å². The highest BCUT2D eigenvalue weighted by Gasteiger charge is 2.07. The molecule has 0 aliphatic heterocycles. The van der Waals surface area contributed by atoms with Crippen LogP contribution in [0.5, 0.6) is 0 Å². The molecule has 0 saturated heterocycles. The molecule has 5 nitrogen and oxygen atoms in total. The Hall–Kier alpha value is -1.26. The molecule has 0 saturated carbocycles. The van der Waals surface area contributed by atoms with Crippen LogP contribution in [-0.4, -0.2) is 76.0 Å². The van der Waals surface area contributed by atoms with Crippen LogP contribution >= 0.6 is 0 Å². The topological polar surface area (TPSA) is 34.4 Å². The summed E-state index contributed by atoms with van der Waals surface area (Å²) in [6.07, 6.45) is 0. The van der Waals surface area contributed by atoms with E-state index in [2.05, 4.69) is 9.98 Å². The monoisotopic (exact) mass is 199 g/mol. The summed E-state index contributed by atoms with van der Waals surface area (Å²) in [5.41, 5.74) is 0. The molecule has 0 radical (unpaired) electrons. The number of hydrogen-bond acceptors (Lipinski definition) is 1. The fourth-order valence-corrected chi connectivity index (χ4v) is 1.04. The molecule has 0 bridgehead atoms. The predicted molar refractivity (Wildman–Crippen MR) is 61.9 cm³/mol. The van der Waals surface area contributed by atoms with Crippen molar-refractivity contribution in [1.82, 2.24) is 14.7 Å². The molecule has 0 aromatic rings. The Bertz CT molecular complexity index is 217. The van der Waals surface area contributed by atoms with Crippen molar-refractivity contribution < 1.29 is 0 Å². The number of nitrogens with zero attached hydrogens (tertiary/aromatic N) is 5. The standard InChI is InChI=1S/C9H21N5/c1-10-8(12(2)3)11-9(13(4)5)14(6)7/h1-7H3/b10-8+. The quantitative estimate of drug-likeness (QED) is 0.407. The maximum Gasteiger partial charge on any atom is 0.223 e. The van der Waals surface area contributed by atoms with Gasteiger partial charge >= 0.3 is 0 Å². The van der Waals surface area contributed by atoms with Gasteiger partial charge in [-0.25, -0.2) is 0 Å². The minimum atomic E-state index is 0.711. The summed E-state index contributed by atoms with van der Waals surface area (Å²) in [5.74, 6) is 1.58. The predicted octanol–water partition coefficient (Wildman–Crippen LogP) is 0.0130. The number of rotatable bonds is 0. The van der Waals surface area contributed by atoms with Gasteiger partial charge in [-0.2, -0.15) is 4.99 Å². The zero-order valence-corrected chi connectivity index (χ0v) is 10.2. The van der Waals surface area contributed by atoms with E-state index in [-0.39, 0.29) is 0 Å². The molecule has 0 N–H and O–H groups in total. The normalized spacial score (nSPS) is 10.9. The van der Waals surface area contributed by atoms with Crippen molar-refractivity contribution in [3.63, 3.8) is 0 Å². The van der Waals surface area contributed by atoms with Crippen LogP contribution in [0.3, 0.4) is 0 Å². The lowest BCUT2D eigenvalue weighted by molar-refractivity contribution is 0.482. The van der Waals surface area contributed by atoms with Crippen LogP contribution in [0.2, 0.25) is 0 Å². The Morgan fingerprint density at radius 3 is 1.43 bits per heavy atom. The van der Waals surface area contributed by atoms with Gasteiger partial charge in [0.05, 0.1) is 0 Å². The van der Waals surface area contributed by atoms with Crippen molar-refractivity contribution in [2.24, 2.45) is 9.98 Å². The molecule has 0 atom stereocenters. The smallest absolute Gasteiger partial charge is 0.223 e. The van der Waals surface area contributed by atoms with Crippen LogP contribution in [0.25, 0.3) is 0 Å². The molecule has 0 aromatic heterocycles. The summed E-state index contributed by atoms with van der Waals surface area (Å²) in [5, 5.41) is 0. The second-order valence-electron chi connectivity index (χ2n) is 3.62. The van der Waals surface area contributed by atoms with Gasteiger partial charge in [-0.3, -0.25) is 4.99 Å². The maximum absolute atomic E-state index is 4.44. The molecule has 14 heavy (non-hydrogen) atoms. The third-order valence-electron chi connectivity index (χ3n) is 1.60. The Labute approximate surface area is 86.7 Å². The first-order chi connectivity index (χ1) is 6.40. The van der Waals surface area contributed by atoms with E-state index in [0.717, 1.165) is 5.96 Å². The molecule has 5 heteroatoms. The Morgan fingerprint density at radius 2 is 1.21 bits per heavy atom. The van der Waals surface area contributed by atoms with E-state index in [1.54, 1.807) is 7.05 Å².